The number of carboxylic acid groups (broad SMARTS) is 2. The number of nitrogens with zero attached hydrogens (tertiary/aromatic N) is 4. The number of anilines is 2. The van der Waals surface area contributed by atoms with Crippen LogP contribution < -0.4 is 26.4 Å². The number of nitrogens with one attached hydrogen (secondary N) is 3. The number of oxime groups is 1. The number of fused-ring (bicyclic) bond motifs is 1. The van der Waals surface area contributed by atoms with Crippen LogP contribution in [0.1, 0.15) is 26.0 Å². The van der Waals surface area contributed by atoms with Gasteiger partial charge in [0.25, 0.3) is 17.9 Å². The fourth-order valence-electron chi connectivity index (χ4n) is 4.72. The summed E-state index contributed by atoms with van der Waals surface area (Å²) in [5.74, 6) is -5.14. The summed E-state index contributed by atoms with van der Waals surface area (Å²) in [5, 5.41) is 32.2. The molecule has 0 radical (unpaired) electrons. The number of nitrogens with two attached hydrogens (primary N) is 1. The van der Waals surface area contributed by atoms with Crippen molar-refractivity contribution in [2.75, 3.05) is 30.7 Å². The van der Waals surface area contributed by atoms with E-state index in [4.69, 9.17) is 29.8 Å². The number of benzene rings is 1. The first-order chi connectivity index (χ1) is 24.7. The minimum atomic E-state index is -5.08. The van der Waals surface area contributed by atoms with Gasteiger partial charge in [-0.15, -0.1) is 15.6 Å². The fourth-order valence-corrected chi connectivity index (χ4v) is 5.72. The van der Waals surface area contributed by atoms with Crippen molar-refractivity contribution >= 4 is 73.1 Å². The van der Waals surface area contributed by atoms with Gasteiger partial charge in [-0.05, 0) is 57.1 Å². The van der Waals surface area contributed by atoms with Crippen LogP contribution in [-0.4, -0.2) is 117 Å². The Hall–Kier alpha value is -5.37. The van der Waals surface area contributed by atoms with Crippen LogP contribution in [0, 0.1) is 0 Å². The van der Waals surface area contributed by atoms with Crippen molar-refractivity contribution in [2.45, 2.75) is 50.2 Å². The van der Waals surface area contributed by atoms with Crippen molar-refractivity contribution < 1.29 is 69.4 Å². The third-order valence-corrected chi connectivity index (χ3v) is 8.38. The molecular formula is C28H31F3N8O12S2. The highest BCUT2D eigenvalue weighted by molar-refractivity contribution is 7.80. The van der Waals surface area contributed by atoms with Gasteiger partial charge in [0.15, 0.2) is 10.8 Å². The van der Waals surface area contributed by atoms with E-state index in [2.05, 4.69) is 35.4 Å². The number of rotatable bonds is 13. The maximum Gasteiger partial charge on any atom is 0.490 e. The second-order valence-corrected chi connectivity index (χ2v) is 13.5. The average Bonchev–Trinajstić information content (AvgIpc) is 3.74. The number of carboxylic acids is 2. The van der Waals surface area contributed by atoms with Crippen molar-refractivity contribution in [3.63, 3.8) is 0 Å². The number of amides is 2. The van der Waals surface area contributed by atoms with Gasteiger partial charge in [0.1, 0.15) is 29.9 Å². The number of hydroxylamine groups is 2. The SMILES string of the molecule is CC1(C)C(NC(=O)C(=NOC(COc2ccc3nc(NC4CCNC4)ccc3c2)C(=O)O)c2csc(N)n2)C(=O)N1OS(=O)(=O)O.O=C(O)C(F)(F)F. The number of thiazole rings is 1. The second-order valence-electron chi connectivity index (χ2n) is 11.6. The first kappa shape index (κ1) is 40.4. The number of pyridine rings is 1. The zero-order valence-corrected chi connectivity index (χ0v) is 29.0. The number of halogens is 3. The molecule has 3 aromatic rings. The number of nitrogen functional groups attached to an aromatic ring is 1. The molecule has 53 heavy (non-hydrogen) atoms. The van der Waals surface area contributed by atoms with Gasteiger partial charge < -0.3 is 41.5 Å². The smallest absolute Gasteiger partial charge is 0.489 e. The predicted molar refractivity (Wildman–Crippen MR) is 177 cm³/mol. The lowest BCUT2D eigenvalue weighted by atomic mass is 9.84. The molecule has 25 heteroatoms. The molecule has 5 rings (SSSR count). The van der Waals surface area contributed by atoms with Gasteiger partial charge in [-0.2, -0.15) is 26.7 Å². The first-order valence-electron chi connectivity index (χ1n) is 15.0. The zero-order valence-electron chi connectivity index (χ0n) is 27.4. The van der Waals surface area contributed by atoms with Crippen molar-refractivity contribution in [1.29, 1.82) is 0 Å². The van der Waals surface area contributed by atoms with Crippen LogP contribution in [-0.2, 0) is 38.7 Å². The number of aliphatic carboxylic acids is 2. The normalized spacial score (nSPS) is 19.0. The third-order valence-electron chi connectivity index (χ3n) is 7.36. The molecule has 0 spiro atoms. The Morgan fingerprint density at radius 2 is 1.91 bits per heavy atom. The molecule has 8 N–H and O–H groups in total. The maximum atomic E-state index is 13.2. The highest BCUT2D eigenvalue weighted by atomic mass is 32.3. The summed E-state index contributed by atoms with van der Waals surface area (Å²) in [4.78, 5) is 60.4. The van der Waals surface area contributed by atoms with E-state index >= 15 is 0 Å². The molecule has 3 unspecified atom stereocenters. The Morgan fingerprint density at radius 1 is 1.21 bits per heavy atom. The molecule has 2 fully saturated rings. The molecule has 2 aromatic heterocycles. The van der Waals surface area contributed by atoms with Gasteiger partial charge in [-0.3, -0.25) is 14.1 Å². The van der Waals surface area contributed by atoms with Crippen molar-refractivity contribution in [3.8, 4) is 5.75 Å². The number of carbonyl (C=O) groups excluding carboxylic acids is 2. The van der Waals surface area contributed by atoms with E-state index in [1.54, 1.807) is 18.2 Å². The van der Waals surface area contributed by atoms with Crippen LogP contribution in [0.3, 0.4) is 0 Å². The van der Waals surface area contributed by atoms with E-state index in [-0.39, 0.29) is 10.8 Å². The molecule has 2 aliphatic heterocycles. The van der Waals surface area contributed by atoms with Crippen molar-refractivity contribution in [1.82, 2.24) is 25.7 Å². The molecule has 3 atom stereocenters. The largest absolute Gasteiger partial charge is 0.490 e. The monoisotopic (exact) mass is 792 g/mol. The lowest BCUT2D eigenvalue weighted by Crippen LogP contribution is -2.76. The van der Waals surface area contributed by atoms with E-state index < -0.39 is 70.3 Å². The minimum absolute atomic E-state index is 0.0608. The number of aromatic nitrogens is 2. The van der Waals surface area contributed by atoms with Gasteiger partial charge in [-0.25, -0.2) is 19.6 Å². The third kappa shape index (κ3) is 10.6. The van der Waals surface area contributed by atoms with Crippen LogP contribution in [0.4, 0.5) is 24.1 Å². The molecule has 0 aliphatic carbocycles. The maximum absolute atomic E-state index is 13.2. The van der Waals surface area contributed by atoms with Crippen LogP contribution in [0.25, 0.3) is 10.9 Å². The van der Waals surface area contributed by atoms with Crippen LogP contribution in [0.2, 0.25) is 0 Å². The number of ether oxygens (including phenoxy) is 1. The molecule has 4 heterocycles. The number of carbonyl (C=O) groups is 4. The molecule has 0 saturated carbocycles. The van der Waals surface area contributed by atoms with Crippen LogP contribution in [0.15, 0.2) is 40.9 Å². The molecule has 20 nitrogen and oxygen atoms in total. The molecule has 1 aromatic carbocycles. The second kappa shape index (κ2) is 16.1. The molecule has 2 saturated heterocycles. The predicted octanol–water partition coefficient (Wildman–Crippen LogP) is 0.774. The topological polar surface area (TPSA) is 294 Å². The summed E-state index contributed by atoms with van der Waals surface area (Å²) in [5.41, 5.74) is 4.37. The minimum Gasteiger partial charge on any atom is -0.489 e. The average molecular weight is 793 g/mol. The lowest BCUT2D eigenvalue weighted by Gasteiger charge is -2.50. The van der Waals surface area contributed by atoms with Gasteiger partial charge in [0.2, 0.25) is 0 Å². The highest BCUT2D eigenvalue weighted by Crippen LogP contribution is 2.33. The molecule has 288 valence electrons. The highest BCUT2D eigenvalue weighted by Gasteiger charge is 2.58. The molecular weight excluding hydrogens is 761 g/mol. The van der Waals surface area contributed by atoms with E-state index in [1.165, 1.54) is 19.2 Å². The molecule has 2 aliphatic rings. The van der Waals surface area contributed by atoms with Crippen molar-refractivity contribution in [3.05, 3.63) is 41.4 Å². The van der Waals surface area contributed by atoms with Gasteiger partial charge in [0, 0.05) is 23.4 Å². The number of hydrogen-bond donors (Lipinski definition) is 7. The summed E-state index contributed by atoms with van der Waals surface area (Å²) < 4.78 is 72.8. The van der Waals surface area contributed by atoms with Gasteiger partial charge in [0.05, 0.1) is 11.1 Å². The van der Waals surface area contributed by atoms with E-state index in [0.29, 0.717) is 22.4 Å². The Balaban J connectivity index is 0.000000815. The Kier molecular flexibility index (Phi) is 12.3. The van der Waals surface area contributed by atoms with Gasteiger partial charge >= 0.3 is 28.5 Å². The zero-order chi connectivity index (χ0) is 39.3. The number of hydrogen-bond acceptors (Lipinski definition) is 16. The van der Waals surface area contributed by atoms with E-state index in [1.807, 2.05) is 12.1 Å². The quantitative estimate of drug-likeness (QED) is 0.0544. The first-order valence-corrected chi connectivity index (χ1v) is 17.2. The summed E-state index contributed by atoms with van der Waals surface area (Å²) in [7, 11) is -5.01. The fraction of sp³-hybridized carbons (Fsp3) is 0.393. The lowest BCUT2D eigenvalue weighted by molar-refractivity contribution is -0.218. The Bertz CT molecular complexity index is 2010. The number of alkyl halides is 3. The summed E-state index contributed by atoms with van der Waals surface area (Å²) >= 11 is 0.961. The van der Waals surface area contributed by atoms with E-state index in [0.717, 1.165) is 42.1 Å². The standard InChI is InChI=1S/C26H30N8O10S2.C2HF3O2/c1-26(2)21(23(36)34(26)44-46(39,40)41)32-22(35)20(17-12-45-25(27)31-17)33-43-18(24(37)38)11-42-15-4-5-16-13(9-15)3-6-19(30-16)29-14-7-8-28-10-14;3-2(4,5)1(6)7/h3-6,9,12,14,18,21,28H,7-8,10-11H2,1-2H3,(H2,27,31)(H,29,30)(H,32,35)(H,37,38)(H,39,40,41);(H,6,7). The Labute approximate surface area is 301 Å². The number of β-lactam (4-membered cyclic amide) rings is 1. The van der Waals surface area contributed by atoms with Gasteiger partial charge in [-0.1, -0.05) is 5.16 Å². The summed E-state index contributed by atoms with van der Waals surface area (Å²) in [6, 6.07) is 7.73. The summed E-state index contributed by atoms with van der Waals surface area (Å²) in [6.07, 6.45) is -5.76. The molecule has 2 amide bonds. The molecule has 0 bridgehead atoms. The van der Waals surface area contributed by atoms with Crippen molar-refractivity contribution in [2.24, 2.45) is 5.16 Å². The summed E-state index contributed by atoms with van der Waals surface area (Å²) in [6.45, 7) is 4.03. The van der Waals surface area contributed by atoms with Crippen LogP contribution in [0.5, 0.6) is 5.75 Å². The van der Waals surface area contributed by atoms with E-state index in [9.17, 15) is 41.1 Å². The van der Waals surface area contributed by atoms with Crippen LogP contribution >= 0.6 is 11.3 Å². The Morgan fingerprint density at radius 3 is 2.45 bits per heavy atom.